The van der Waals surface area contributed by atoms with E-state index in [1.54, 1.807) is 12.1 Å². The second-order valence-electron chi connectivity index (χ2n) is 4.98. The Hall–Kier alpha value is -1.29. The molecule has 0 aliphatic rings. The van der Waals surface area contributed by atoms with E-state index in [0.29, 0.717) is 21.1 Å². The normalized spacial score (nSPS) is 10.5. The fourth-order valence-electron chi connectivity index (χ4n) is 1.82. The van der Waals surface area contributed by atoms with Gasteiger partial charge in [0, 0.05) is 11.4 Å². The molecule has 0 saturated carbocycles. The zero-order chi connectivity index (χ0) is 15.4. The molecule has 0 spiro atoms. The first-order valence-corrected chi connectivity index (χ1v) is 7.75. The van der Waals surface area contributed by atoms with Gasteiger partial charge < -0.3 is 10.6 Å². The summed E-state index contributed by atoms with van der Waals surface area (Å²) in [6.07, 6.45) is 0. The molecule has 0 fully saturated rings. The van der Waals surface area contributed by atoms with E-state index in [1.807, 2.05) is 18.2 Å². The first-order chi connectivity index (χ1) is 9.95. The van der Waals surface area contributed by atoms with Gasteiger partial charge in [-0.2, -0.15) is 0 Å². The summed E-state index contributed by atoms with van der Waals surface area (Å²) >= 11 is 17.1. The van der Waals surface area contributed by atoms with E-state index >= 15 is 0 Å². The van der Waals surface area contributed by atoms with Crippen molar-refractivity contribution in [3.63, 3.8) is 0 Å². The lowest BCUT2D eigenvalue weighted by Crippen LogP contribution is -2.19. The third kappa shape index (κ3) is 4.60. The average molecular weight is 339 g/mol. The number of rotatable bonds is 3. The van der Waals surface area contributed by atoms with Crippen LogP contribution in [0.15, 0.2) is 42.5 Å². The largest absolute Gasteiger partial charge is 0.332 e. The highest BCUT2D eigenvalue weighted by atomic mass is 35.5. The van der Waals surface area contributed by atoms with Crippen LogP contribution in [0.25, 0.3) is 0 Å². The summed E-state index contributed by atoms with van der Waals surface area (Å²) in [5.41, 5.74) is 3.03. The third-order valence-electron chi connectivity index (χ3n) is 3.01. The van der Waals surface area contributed by atoms with Crippen molar-refractivity contribution in [1.82, 2.24) is 0 Å². The van der Waals surface area contributed by atoms with Gasteiger partial charge >= 0.3 is 0 Å². The van der Waals surface area contributed by atoms with Crippen molar-refractivity contribution in [2.45, 2.75) is 19.8 Å². The molecule has 0 saturated heterocycles. The Kier molecular flexibility index (Phi) is 5.45. The topological polar surface area (TPSA) is 24.1 Å². The lowest BCUT2D eigenvalue weighted by atomic mass is 10.0. The van der Waals surface area contributed by atoms with Gasteiger partial charge in [0.15, 0.2) is 5.11 Å². The lowest BCUT2D eigenvalue weighted by molar-refractivity contribution is 0.867. The van der Waals surface area contributed by atoms with Crippen LogP contribution in [-0.2, 0) is 0 Å². The number of nitrogens with one attached hydrogen (secondary N) is 2. The van der Waals surface area contributed by atoms with Crippen molar-refractivity contribution in [3.8, 4) is 0 Å². The smallest absolute Gasteiger partial charge is 0.175 e. The minimum absolute atomic E-state index is 0.491. The highest BCUT2D eigenvalue weighted by Gasteiger charge is 2.03. The summed E-state index contributed by atoms with van der Waals surface area (Å²) in [6.45, 7) is 4.33. The van der Waals surface area contributed by atoms with Crippen LogP contribution in [0.2, 0.25) is 10.0 Å². The van der Waals surface area contributed by atoms with E-state index < -0.39 is 0 Å². The fourth-order valence-corrected chi connectivity index (χ4v) is 2.35. The van der Waals surface area contributed by atoms with Gasteiger partial charge in [-0.1, -0.05) is 49.2 Å². The number of hydrogen-bond donors (Lipinski definition) is 2. The van der Waals surface area contributed by atoms with E-state index in [9.17, 15) is 0 Å². The molecule has 2 aromatic carbocycles. The van der Waals surface area contributed by atoms with Crippen molar-refractivity contribution >= 4 is 51.9 Å². The molecule has 0 radical (unpaired) electrons. The van der Waals surface area contributed by atoms with E-state index in [4.69, 9.17) is 35.4 Å². The molecule has 110 valence electrons. The van der Waals surface area contributed by atoms with Gasteiger partial charge in [-0.05, 0) is 54.0 Å². The zero-order valence-corrected chi connectivity index (χ0v) is 14.1. The molecule has 2 nitrogen and oxygen atoms in total. The molecule has 0 aromatic heterocycles. The number of halogens is 2. The Balaban J connectivity index is 1.99. The van der Waals surface area contributed by atoms with Crippen molar-refractivity contribution in [1.29, 1.82) is 0 Å². The van der Waals surface area contributed by atoms with E-state index in [1.165, 1.54) is 5.56 Å². The van der Waals surface area contributed by atoms with Gasteiger partial charge in [0.1, 0.15) is 0 Å². The highest BCUT2D eigenvalue weighted by Crippen LogP contribution is 2.25. The lowest BCUT2D eigenvalue weighted by Gasteiger charge is -2.12. The van der Waals surface area contributed by atoms with Crippen LogP contribution in [-0.4, -0.2) is 5.11 Å². The van der Waals surface area contributed by atoms with Crippen LogP contribution < -0.4 is 10.6 Å². The second kappa shape index (κ2) is 7.12. The summed E-state index contributed by atoms with van der Waals surface area (Å²) in [4.78, 5) is 0. The third-order valence-corrected chi connectivity index (χ3v) is 3.96. The molecule has 2 rings (SSSR count). The first kappa shape index (κ1) is 16.1. The van der Waals surface area contributed by atoms with Crippen molar-refractivity contribution in [3.05, 3.63) is 58.1 Å². The molecular formula is C16H16Cl2N2S. The van der Waals surface area contributed by atoms with Crippen LogP contribution >= 0.6 is 35.4 Å². The van der Waals surface area contributed by atoms with Gasteiger partial charge in [-0.15, -0.1) is 0 Å². The molecule has 0 aliphatic heterocycles. The Labute approximate surface area is 140 Å². The molecule has 0 heterocycles. The number of thiocarbonyl (C=S) groups is 1. The number of benzene rings is 2. The summed E-state index contributed by atoms with van der Waals surface area (Å²) in [5, 5.41) is 7.72. The molecule has 0 bridgehead atoms. The molecule has 0 unspecified atom stereocenters. The Morgan fingerprint density at radius 3 is 2.05 bits per heavy atom. The summed E-state index contributed by atoms with van der Waals surface area (Å²) in [7, 11) is 0. The average Bonchev–Trinajstić information content (AvgIpc) is 2.43. The molecular weight excluding hydrogens is 323 g/mol. The van der Waals surface area contributed by atoms with Gasteiger partial charge in [0.25, 0.3) is 0 Å². The Morgan fingerprint density at radius 2 is 1.48 bits per heavy atom. The van der Waals surface area contributed by atoms with Crippen LogP contribution in [0.1, 0.15) is 25.3 Å². The van der Waals surface area contributed by atoms with Gasteiger partial charge in [-0.25, -0.2) is 0 Å². The second-order valence-corrected chi connectivity index (χ2v) is 6.21. The van der Waals surface area contributed by atoms with E-state index in [0.717, 1.165) is 11.4 Å². The van der Waals surface area contributed by atoms with Crippen LogP contribution in [0, 0.1) is 0 Å². The molecule has 2 aromatic rings. The van der Waals surface area contributed by atoms with E-state index in [-0.39, 0.29) is 0 Å². The molecule has 5 heteroatoms. The van der Waals surface area contributed by atoms with Gasteiger partial charge in [0.2, 0.25) is 0 Å². The maximum absolute atomic E-state index is 5.97. The zero-order valence-electron chi connectivity index (χ0n) is 11.8. The molecule has 0 aliphatic carbocycles. The molecule has 21 heavy (non-hydrogen) atoms. The summed E-state index contributed by atoms with van der Waals surface area (Å²) < 4.78 is 0. The quantitative estimate of drug-likeness (QED) is 0.678. The maximum Gasteiger partial charge on any atom is 0.175 e. The predicted octanol–water partition coefficient (Wildman–Crippen LogP) is 5.93. The summed E-state index contributed by atoms with van der Waals surface area (Å²) in [5.74, 6) is 0.514. The van der Waals surface area contributed by atoms with E-state index in [2.05, 4.69) is 36.6 Å². The maximum atomic E-state index is 5.97. The Bertz CT molecular complexity index is 639. The predicted molar refractivity (Wildman–Crippen MR) is 96.8 cm³/mol. The monoisotopic (exact) mass is 338 g/mol. The van der Waals surface area contributed by atoms with Crippen LogP contribution in [0.3, 0.4) is 0 Å². The highest BCUT2D eigenvalue weighted by molar-refractivity contribution is 7.80. The van der Waals surface area contributed by atoms with Crippen molar-refractivity contribution in [2.75, 3.05) is 10.6 Å². The SMILES string of the molecule is CC(C)c1ccc(NC(=S)Nc2ccc(Cl)c(Cl)c2)cc1. The standard InChI is InChI=1S/C16H16Cl2N2S/c1-10(2)11-3-5-12(6-4-11)19-16(21)20-13-7-8-14(17)15(18)9-13/h3-10H,1-2H3,(H2,19,20,21). The number of hydrogen-bond acceptors (Lipinski definition) is 1. The molecule has 2 N–H and O–H groups in total. The van der Waals surface area contributed by atoms with Crippen molar-refractivity contribution in [2.24, 2.45) is 0 Å². The molecule has 0 atom stereocenters. The summed E-state index contributed by atoms with van der Waals surface area (Å²) in [6, 6.07) is 13.5. The molecule has 0 amide bonds. The van der Waals surface area contributed by atoms with Crippen molar-refractivity contribution < 1.29 is 0 Å². The Morgan fingerprint density at radius 1 is 0.905 bits per heavy atom. The van der Waals surface area contributed by atoms with Crippen LogP contribution in [0.5, 0.6) is 0 Å². The minimum Gasteiger partial charge on any atom is -0.332 e. The van der Waals surface area contributed by atoms with Gasteiger partial charge in [0.05, 0.1) is 10.0 Å². The first-order valence-electron chi connectivity index (χ1n) is 6.58. The van der Waals surface area contributed by atoms with Gasteiger partial charge in [-0.3, -0.25) is 0 Å². The minimum atomic E-state index is 0.491. The fraction of sp³-hybridized carbons (Fsp3) is 0.188. The van der Waals surface area contributed by atoms with Crippen LogP contribution in [0.4, 0.5) is 11.4 Å². The number of anilines is 2.